The minimum atomic E-state index is -3.98. The molecule has 0 amide bonds. The molecule has 0 aliphatic carbocycles. The third-order valence-electron chi connectivity index (χ3n) is 1.25. The zero-order valence-electron chi connectivity index (χ0n) is 6.14. The van der Waals surface area contributed by atoms with Crippen molar-refractivity contribution in [3.8, 4) is 0 Å². The molecule has 0 saturated heterocycles. The van der Waals surface area contributed by atoms with Gasteiger partial charge in [-0.2, -0.15) is 0 Å². The molecule has 0 saturated carbocycles. The molecule has 0 atom stereocenters. The Kier molecular flexibility index (Phi) is 3.18. The first-order valence-corrected chi connectivity index (χ1v) is 5.39. The Balaban J connectivity index is 2.44. The van der Waals surface area contributed by atoms with Crippen LogP contribution in [-0.4, -0.2) is 20.0 Å². The summed E-state index contributed by atoms with van der Waals surface area (Å²) in [5.41, 5.74) is 0.759. The van der Waals surface area contributed by atoms with E-state index >= 15 is 0 Å². The summed E-state index contributed by atoms with van der Waals surface area (Å²) in [4.78, 5) is 0. The summed E-state index contributed by atoms with van der Waals surface area (Å²) in [7, 11) is 0. The second kappa shape index (κ2) is 3.96. The minimum absolute atomic E-state index is 0.136. The quantitative estimate of drug-likeness (QED) is 0.695. The van der Waals surface area contributed by atoms with Crippen LogP contribution in [0.25, 0.3) is 0 Å². The van der Waals surface area contributed by atoms with Crippen LogP contribution in [0.2, 0.25) is 0 Å². The first-order valence-electron chi connectivity index (χ1n) is 3.32. The van der Waals surface area contributed by atoms with Gasteiger partial charge in [-0.1, -0.05) is 0 Å². The van der Waals surface area contributed by atoms with E-state index in [9.17, 15) is 13.2 Å². The molecule has 4 heteroatoms. The van der Waals surface area contributed by atoms with Gasteiger partial charge in [0.15, 0.2) is 0 Å². The molecule has 66 valence electrons. The van der Waals surface area contributed by atoms with Crippen molar-refractivity contribution < 1.29 is 13.2 Å². The molecule has 1 aromatic rings. The van der Waals surface area contributed by atoms with Crippen LogP contribution in [-0.2, 0) is 5.32 Å². The van der Waals surface area contributed by atoms with E-state index in [1.807, 2.05) is 0 Å². The predicted molar refractivity (Wildman–Crippen MR) is 42.0 cm³/mol. The summed E-state index contributed by atoms with van der Waals surface area (Å²) in [5.74, 6) is 0. The molecule has 0 heterocycles. The number of hydrogen-bond donors (Lipinski definition) is 0. The third-order valence-corrected chi connectivity index (χ3v) is 2.93. The molecule has 0 bridgehead atoms. The molecule has 0 radical (unpaired) electrons. The summed E-state index contributed by atoms with van der Waals surface area (Å²) in [6.45, 7) is 0. The van der Waals surface area contributed by atoms with Crippen molar-refractivity contribution in [1.29, 1.82) is 0 Å². The molecule has 0 aromatic heterocycles. The number of rotatable bonds is 2. The molecular weight excluding hydrogens is 232 g/mol. The summed E-state index contributed by atoms with van der Waals surface area (Å²) in [6.07, 6.45) is 0. The van der Waals surface area contributed by atoms with Crippen molar-refractivity contribution in [2.24, 2.45) is 0 Å². The average molecular weight is 239 g/mol. The fourth-order valence-corrected chi connectivity index (χ4v) is 1.84. The van der Waals surface area contributed by atoms with E-state index in [2.05, 4.69) is 0 Å². The average Bonchev–Trinajstić information content (AvgIpc) is 2.02. The zero-order chi connectivity index (χ0) is 9.03. The Morgan fingerprint density at radius 3 is 2.17 bits per heavy atom. The molecule has 12 heavy (non-hydrogen) atoms. The van der Waals surface area contributed by atoms with Gasteiger partial charge in [-0.05, 0) is 0 Å². The van der Waals surface area contributed by atoms with Gasteiger partial charge in [0.2, 0.25) is 0 Å². The van der Waals surface area contributed by atoms with Crippen molar-refractivity contribution in [2.75, 3.05) is 0 Å². The van der Waals surface area contributed by atoms with Crippen molar-refractivity contribution in [1.82, 2.24) is 0 Å². The van der Waals surface area contributed by atoms with Gasteiger partial charge in [-0.15, -0.1) is 0 Å². The molecule has 0 fully saturated rings. The molecule has 0 nitrogen and oxygen atoms in total. The fraction of sp³-hybridized carbons (Fsp3) is 0.250. The van der Waals surface area contributed by atoms with Crippen LogP contribution in [0.15, 0.2) is 30.3 Å². The summed E-state index contributed by atoms with van der Waals surface area (Å²) < 4.78 is 35.3. The zero-order valence-corrected chi connectivity index (χ0v) is 7.85. The Bertz CT molecular complexity index is 230. The predicted octanol–water partition coefficient (Wildman–Crippen LogP) is 2.41. The molecule has 1 rings (SSSR count). The number of benzene rings is 1. The van der Waals surface area contributed by atoms with Crippen molar-refractivity contribution in [3.63, 3.8) is 0 Å². The summed E-state index contributed by atoms with van der Waals surface area (Å²) in [5, 5.41) is -3.85. The van der Waals surface area contributed by atoms with Crippen molar-refractivity contribution in [2.45, 2.75) is 10.4 Å². The van der Waals surface area contributed by atoms with Gasteiger partial charge >= 0.3 is 74.4 Å². The normalized spacial score (nSPS) is 11.6. The van der Waals surface area contributed by atoms with Crippen LogP contribution in [0, 0.1) is 0 Å². The molecule has 0 aliphatic heterocycles. The van der Waals surface area contributed by atoms with Gasteiger partial charge in [0, 0.05) is 0 Å². The third kappa shape index (κ3) is 3.79. The van der Waals surface area contributed by atoms with E-state index in [0.29, 0.717) is 0 Å². The van der Waals surface area contributed by atoms with Crippen molar-refractivity contribution in [3.05, 3.63) is 35.9 Å². The molecule has 0 spiro atoms. The first-order chi connectivity index (χ1) is 5.58. The van der Waals surface area contributed by atoms with Crippen LogP contribution >= 0.6 is 0 Å². The van der Waals surface area contributed by atoms with Gasteiger partial charge in [-0.25, -0.2) is 0 Å². The van der Waals surface area contributed by atoms with E-state index in [-0.39, 0.29) is 5.32 Å². The second-order valence-corrected chi connectivity index (χ2v) is 4.40. The van der Waals surface area contributed by atoms with E-state index < -0.39 is 20.0 Å². The van der Waals surface area contributed by atoms with E-state index in [1.165, 1.54) is 0 Å². The van der Waals surface area contributed by atoms with Crippen LogP contribution < -0.4 is 0 Å². The van der Waals surface area contributed by atoms with Gasteiger partial charge in [0.05, 0.1) is 0 Å². The SMILES string of the molecule is FC(F)(F)[Se]Cc1ccccc1. The number of alkyl halides is 3. The number of halogens is 3. The van der Waals surface area contributed by atoms with E-state index in [1.54, 1.807) is 30.3 Å². The standard InChI is InChI=1S/C8H7F3Se/c9-8(10,11)12-6-7-4-2-1-3-5-7/h1-5H,6H2. The van der Waals surface area contributed by atoms with E-state index in [0.717, 1.165) is 5.56 Å². The van der Waals surface area contributed by atoms with Crippen LogP contribution in [0.4, 0.5) is 13.2 Å². The van der Waals surface area contributed by atoms with Gasteiger partial charge < -0.3 is 0 Å². The molecule has 0 aliphatic rings. The van der Waals surface area contributed by atoms with Crippen LogP contribution in [0.1, 0.15) is 5.56 Å². The van der Waals surface area contributed by atoms with Gasteiger partial charge in [0.25, 0.3) is 0 Å². The fourth-order valence-electron chi connectivity index (χ4n) is 0.739. The summed E-state index contributed by atoms with van der Waals surface area (Å²) >= 11 is -1.28. The Morgan fingerprint density at radius 2 is 1.67 bits per heavy atom. The summed E-state index contributed by atoms with van der Waals surface area (Å²) in [6, 6.07) is 8.73. The topological polar surface area (TPSA) is 0 Å². The molecular formula is C8H7F3Se. The molecule has 0 N–H and O–H groups in total. The van der Waals surface area contributed by atoms with Crippen LogP contribution in [0.3, 0.4) is 0 Å². The monoisotopic (exact) mass is 240 g/mol. The number of hydrogen-bond acceptors (Lipinski definition) is 0. The van der Waals surface area contributed by atoms with Crippen LogP contribution in [0.5, 0.6) is 0 Å². The Morgan fingerprint density at radius 1 is 1.08 bits per heavy atom. The van der Waals surface area contributed by atoms with Crippen molar-refractivity contribution >= 4 is 15.0 Å². The molecule has 0 unspecified atom stereocenters. The Labute approximate surface area is 74.9 Å². The second-order valence-electron chi connectivity index (χ2n) is 2.22. The van der Waals surface area contributed by atoms with E-state index in [4.69, 9.17) is 0 Å². The van der Waals surface area contributed by atoms with Gasteiger partial charge in [-0.3, -0.25) is 0 Å². The molecule has 1 aromatic carbocycles. The van der Waals surface area contributed by atoms with Gasteiger partial charge in [0.1, 0.15) is 0 Å². The maximum absolute atomic E-state index is 11.8. The first kappa shape index (κ1) is 9.62. The maximum atomic E-state index is 11.8. The Hall–Kier alpha value is -0.471.